The summed E-state index contributed by atoms with van der Waals surface area (Å²) < 4.78 is 24.4. The van der Waals surface area contributed by atoms with Crippen LogP contribution in [-0.2, 0) is 21.2 Å². The van der Waals surface area contributed by atoms with E-state index >= 15 is 0 Å². The maximum atomic E-state index is 11.5. The Bertz CT molecular complexity index is 623. The van der Waals surface area contributed by atoms with Gasteiger partial charge in [-0.05, 0) is 17.5 Å². The second kappa shape index (κ2) is 4.86. The van der Waals surface area contributed by atoms with Gasteiger partial charge in [0, 0.05) is 25.6 Å². The first kappa shape index (κ1) is 13.6. The van der Waals surface area contributed by atoms with Crippen molar-refractivity contribution in [3.8, 4) is 0 Å². The number of amides is 1. The molecule has 1 aromatic rings. The molecule has 0 spiro atoms. The fraction of sp³-hybridized carbons (Fsp3) is 0.500. The first-order valence-electron chi connectivity index (χ1n) is 6.74. The third-order valence-electron chi connectivity index (χ3n) is 4.30. The summed E-state index contributed by atoms with van der Waals surface area (Å²) in [6.45, 7) is 1.71. The van der Waals surface area contributed by atoms with Gasteiger partial charge < -0.3 is 4.90 Å². The zero-order chi connectivity index (χ0) is 14.3. The third kappa shape index (κ3) is 2.23. The summed E-state index contributed by atoms with van der Waals surface area (Å²) in [6, 6.07) is 8.15. The van der Waals surface area contributed by atoms with Crippen LogP contribution in [0.1, 0.15) is 17.2 Å². The number of hydrogen-bond acceptors (Lipinski definition) is 3. The molecule has 5 nitrogen and oxygen atoms in total. The standard InChI is InChI=1S/C14H18N2O3S/c1-20(18,19)16-8-12(9-16)14-13-5-3-2-4-11(13)6-7-15(14)10-17/h2-5,10,12,14H,6-9H2,1H3/t14-/m0/s1. The van der Waals surface area contributed by atoms with Crippen LogP contribution in [0.25, 0.3) is 0 Å². The van der Waals surface area contributed by atoms with Gasteiger partial charge in [-0.3, -0.25) is 4.79 Å². The lowest BCUT2D eigenvalue weighted by Gasteiger charge is -2.47. The third-order valence-corrected chi connectivity index (χ3v) is 5.53. The SMILES string of the molecule is CS(=O)(=O)N1CC([C@H]2c3ccccc3CCN2C=O)C1. The van der Waals surface area contributed by atoms with Crippen LogP contribution in [0.3, 0.4) is 0 Å². The molecule has 1 fully saturated rings. The highest BCUT2D eigenvalue weighted by molar-refractivity contribution is 7.88. The number of rotatable bonds is 3. The Hall–Kier alpha value is -1.40. The number of carbonyl (C=O) groups excluding carboxylic acids is 1. The summed E-state index contributed by atoms with van der Waals surface area (Å²) in [6.07, 6.45) is 2.99. The van der Waals surface area contributed by atoms with Gasteiger partial charge in [-0.1, -0.05) is 24.3 Å². The van der Waals surface area contributed by atoms with Crippen molar-refractivity contribution < 1.29 is 13.2 Å². The summed E-state index contributed by atoms with van der Waals surface area (Å²) in [7, 11) is -3.11. The van der Waals surface area contributed by atoms with E-state index in [-0.39, 0.29) is 12.0 Å². The van der Waals surface area contributed by atoms with Crippen LogP contribution in [-0.4, -0.2) is 49.9 Å². The number of hydrogen-bond donors (Lipinski definition) is 0. The molecule has 1 saturated heterocycles. The molecular weight excluding hydrogens is 276 g/mol. The first-order valence-corrected chi connectivity index (χ1v) is 8.59. The van der Waals surface area contributed by atoms with Gasteiger partial charge >= 0.3 is 0 Å². The molecular formula is C14H18N2O3S. The van der Waals surface area contributed by atoms with Gasteiger partial charge in [-0.15, -0.1) is 0 Å². The second-order valence-corrected chi connectivity index (χ2v) is 7.56. The molecule has 3 rings (SSSR count). The topological polar surface area (TPSA) is 57.7 Å². The Morgan fingerprint density at radius 3 is 2.60 bits per heavy atom. The van der Waals surface area contributed by atoms with Gasteiger partial charge in [0.05, 0.1) is 12.3 Å². The van der Waals surface area contributed by atoms with E-state index in [1.807, 2.05) is 17.0 Å². The zero-order valence-electron chi connectivity index (χ0n) is 11.4. The highest BCUT2D eigenvalue weighted by Gasteiger charge is 2.42. The predicted molar refractivity (Wildman–Crippen MR) is 75.6 cm³/mol. The molecule has 0 radical (unpaired) electrons. The van der Waals surface area contributed by atoms with E-state index in [1.165, 1.54) is 21.7 Å². The molecule has 0 unspecified atom stereocenters. The van der Waals surface area contributed by atoms with Crippen molar-refractivity contribution in [3.63, 3.8) is 0 Å². The van der Waals surface area contributed by atoms with E-state index in [2.05, 4.69) is 12.1 Å². The molecule has 1 atom stereocenters. The van der Waals surface area contributed by atoms with E-state index in [4.69, 9.17) is 0 Å². The fourth-order valence-electron chi connectivity index (χ4n) is 3.20. The summed E-state index contributed by atoms with van der Waals surface area (Å²) >= 11 is 0. The monoisotopic (exact) mass is 294 g/mol. The number of nitrogens with zero attached hydrogens (tertiary/aromatic N) is 2. The minimum Gasteiger partial charge on any atom is -0.337 e. The lowest BCUT2D eigenvalue weighted by atomic mass is 9.82. The maximum absolute atomic E-state index is 11.5. The number of benzene rings is 1. The first-order chi connectivity index (χ1) is 9.50. The smallest absolute Gasteiger partial charge is 0.211 e. The van der Waals surface area contributed by atoms with Crippen molar-refractivity contribution >= 4 is 16.4 Å². The lowest BCUT2D eigenvalue weighted by Crippen LogP contribution is -2.55. The number of carbonyl (C=O) groups is 1. The Morgan fingerprint density at radius 2 is 1.95 bits per heavy atom. The van der Waals surface area contributed by atoms with Crippen molar-refractivity contribution in [1.29, 1.82) is 0 Å². The van der Waals surface area contributed by atoms with E-state index < -0.39 is 10.0 Å². The number of fused-ring (bicyclic) bond motifs is 1. The molecule has 2 aliphatic rings. The molecule has 2 aliphatic heterocycles. The molecule has 1 amide bonds. The minimum atomic E-state index is -3.11. The molecule has 0 bridgehead atoms. The van der Waals surface area contributed by atoms with E-state index in [9.17, 15) is 13.2 Å². The highest BCUT2D eigenvalue weighted by atomic mass is 32.2. The van der Waals surface area contributed by atoms with Crippen LogP contribution in [0.4, 0.5) is 0 Å². The van der Waals surface area contributed by atoms with Crippen LogP contribution in [0.2, 0.25) is 0 Å². The Morgan fingerprint density at radius 1 is 1.25 bits per heavy atom. The number of sulfonamides is 1. The van der Waals surface area contributed by atoms with Crippen molar-refractivity contribution in [3.05, 3.63) is 35.4 Å². The van der Waals surface area contributed by atoms with E-state index in [1.54, 1.807) is 0 Å². The van der Waals surface area contributed by atoms with Gasteiger partial charge in [0.1, 0.15) is 0 Å². The lowest BCUT2D eigenvalue weighted by molar-refractivity contribution is -0.123. The van der Waals surface area contributed by atoms with E-state index in [0.29, 0.717) is 19.6 Å². The molecule has 108 valence electrons. The molecule has 0 aliphatic carbocycles. The minimum absolute atomic E-state index is 0.00968. The molecule has 1 aromatic carbocycles. The Balaban J connectivity index is 1.86. The molecule has 0 N–H and O–H groups in total. The largest absolute Gasteiger partial charge is 0.337 e. The van der Waals surface area contributed by atoms with Crippen molar-refractivity contribution in [2.75, 3.05) is 25.9 Å². The van der Waals surface area contributed by atoms with Crippen molar-refractivity contribution in [2.24, 2.45) is 5.92 Å². The maximum Gasteiger partial charge on any atom is 0.211 e. The Labute approximate surface area is 119 Å². The van der Waals surface area contributed by atoms with Gasteiger partial charge in [-0.2, -0.15) is 0 Å². The highest BCUT2D eigenvalue weighted by Crippen LogP contribution is 2.39. The summed E-state index contributed by atoms with van der Waals surface area (Å²) in [4.78, 5) is 13.1. The summed E-state index contributed by atoms with van der Waals surface area (Å²) in [5, 5.41) is 0. The van der Waals surface area contributed by atoms with Crippen LogP contribution in [0.5, 0.6) is 0 Å². The van der Waals surface area contributed by atoms with Gasteiger partial charge in [-0.25, -0.2) is 12.7 Å². The molecule has 2 heterocycles. The van der Waals surface area contributed by atoms with Crippen LogP contribution in [0.15, 0.2) is 24.3 Å². The average molecular weight is 294 g/mol. The van der Waals surface area contributed by atoms with Gasteiger partial charge in [0.15, 0.2) is 0 Å². The normalized spacial score (nSPS) is 24.1. The fourth-order valence-corrected chi connectivity index (χ4v) is 4.13. The molecule has 0 saturated carbocycles. The quantitative estimate of drug-likeness (QED) is 0.769. The van der Waals surface area contributed by atoms with Gasteiger partial charge in [0.25, 0.3) is 0 Å². The summed E-state index contributed by atoms with van der Waals surface area (Å²) in [5.41, 5.74) is 2.44. The van der Waals surface area contributed by atoms with Crippen LogP contribution in [0, 0.1) is 5.92 Å². The van der Waals surface area contributed by atoms with Crippen molar-refractivity contribution in [2.45, 2.75) is 12.5 Å². The molecule has 6 heteroatoms. The second-order valence-electron chi connectivity index (χ2n) is 5.58. The molecule has 0 aromatic heterocycles. The Kier molecular flexibility index (Phi) is 3.30. The predicted octanol–water partition coefficient (Wildman–Crippen LogP) is 0.634. The van der Waals surface area contributed by atoms with Gasteiger partial charge in [0.2, 0.25) is 16.4 Å². The summed E-state index contributed by atoms with van der Waals surface area (Å²) in [5.74, 6) is 0.191. The van der Waals surface area contributed by atoms with Crippen LogP contribution < -0.4 is 0 Å². The zero-order valence-corrected chi connectivity index (χ0v) is 12.2. The molecule has 20 heavy (non-hydrogen) atoms. The van der Waals surface area contributed by atoms with Crippen LogP contribution >= 0.6 is 0 Å². The van der Waals surface area contributed by atoms with E-state index in [0.717, 1.165) is 12.8 Å². The van der Waals surface area contributed by atoms with Crippen molar-refractivity contribution in [1.82, 2.24) is 9.21 Å². The average Bonchev–Trinajstić information content (AvgIpc) is 2.35.